The lowest BCUT2D eigenvalue weighted by Crippen LogP contribution is -2.34. The van der Waals surface area contributed by atoms with Crippen LogP contribution in [0.25, 0.3) is 11.0 Å². The highest BCUT2D eigenvalue weighted by Crippen LogP contribution is 2.29. The molecule has 0 unspecified atom stereocenters. The summed E-state index contributed by atoms with van der Waals surface area (Å²) in [6.07, 6.45) is 6.20. The van der Waals surface area contributed by atoms with Crippen molar-refractivity contribution in [3.63, 3.8) is 0 Å². The van der Waals surface area contributed by atoms with Crippen molar-refractivity contribution in [2.45, 2.75) is 23.5 Å². The summed E-state index contributed by atoms with van der Waals surface area (Å²) in [5.41, 5.74) is 0.856. The van der Waals surface area contributed by atoms with Gasteiger partial charge in [-0.05, 0) is 42.7 Å². The molecule has 1 aliphatic heterocycles. The summed E-state index contributed by atoms with van der Waals surface area (Å²) in [4.78, 5) is 14.1. The van der Waals surface area contributed by atoms with E-state index in [9.17, 15) is 8.42 Å². The number of nitrogens with zero attached hydrogens (tertiary/aromatic N) is 3. The highest BCUT2D eigenvalue weighted by atomic mass is 32.2. The molecule has 25 heavy (non-hydrogen) atoms. The molecule has 0 radical (unpaired) electrons. The van der Waals surface area contributed by atoms with E-state index in [0.717, 1.165) is 49.2 Å². The van der Waals surface area contributed by atoms with Gasteiger partial charge in [0.15, 0.2) is 9.84 Å². The van der Waals surface area contributed by atoms with Gasteiger partial charge in [0.1, 0.15) is 22.0 Å². The number of hydrogen-bond donors (Lipinski definition) is 1. The Morgan fingerprint density at radius 2 is 2.08 bits per heavy atom. The number of fused-ring (bicyclic) bond motifs is 1. The first-order valence-electron chi connectivity index (χ1n) is 8.43. The van der Waals surface area contributed by atoms with Crippen molar-refractivity contribution in [2.75, 3.05) is 23.7 Å². The largest absolute Gasteiger partial charge is 0.356 e. The van der Waals surface area contributed by atoms with E-state index < -0.39 is 9.84 Å². The lowest BCUT2D eigenvalue weighted by atomic mass is 9.94. The van der Waals surface area contributed by atoms with Crippen LogP contribution in [0.4, 0.5) is 5.82 Å². The van der Waals surface area contributed by atoms with E-state index in [1.54, 1.807) is 18.5 Å². The Hall–Kier alpha value is -1.93. The summed E-state index contributed by atoms with van der Waals surface area (Å²) in [5, 5.41) is 2.86. The first-order valence-corrected chi connectivity index (χ1v) is 11.0. The Morgan fingerprint density at radius 1 is 1.24 bits per heavy atom. The van der Waals surface area contributed by atoms with Gasteiger partial charge in [-0.15, -0.1) is 11.3 Å². The van der Waals surface area contributed by atoms with Crippen LogP contribution in [0, 0.1) is 5.92 Å². The topological polar surface area (TPSA) is 79.0 Å². The Morgan fingerprint density at radius 3 is 2.84 bits per heavy atom. The van der Waals surface area contributed by atoms with E-state index in [1.165, 1.54) is 11.3 Å². The quantitative estimate of drug-likeness (QED) is 0.740. The minimum absolute atomic E-state index is 0.244. The summed E-state index contributed by atoms with van der Waals surface area (Å²) in [5.74, 6) is 1.67. The van der Waals surface area contributed by atoms with Crippen LogP contribution in [-0.2, 0) is 9.84 Å². The summed E-state index contributed by atoms with van der Waals surface area (Å²) < 4.78 is 25.1. The number of aromatic amines is 1. The molecule has 0 bridgehead atoms. The number of nitrogens with one attached hydrogen (secondary N) is 1. The molecule has 0 aliphatic carbocycles. The van der Waals surface area contributed by atoms with Crippen molar-refractivity contribution in [3.05, 3.63) is 36.1 Å². The number of thiophene rings is 1. The highest BCUT2D eigenvalue weighted by Gasteiger charge is 2.24. The van der Waals surface area contributed by atoms with E-state index in [4.69, 9.17) is 0 Å². The summed E-state index contributed by atoms with van der Waals surface area (Å²) in [7, 11) is -3.12. The number of anilines is 1. The molecule has 0 atom stereocenters. The second kappa shape index (κ2) is 6.76. The predicted octanol–water partition coefficient (Wildman–Crippen LogP) is 3.10. The molecule has 6 nitrogen and oxygen atoms in total. The van der Waals surface area contributed by atoms with Gasteiger partial charge >= 0.3 is 0 Å². The average molecular weight is 377 g/mol. The fourth-order valence-corrected chi connectivity index (χ4v) is 5.99. The van der Waals surface area contributed by atoms with Gasteiger partial charge in [-0.2, -0.15) is 0 Å². The van der Waals surface area contributed by atoms with Crippen LogP contribution in [-0.4, -0.2) is 42.2 Å². The van der Waals surface area contributed by atoms with E-state index in [2.05, 4.69) is 19.9 Å². The highest BCUT2D eigenvalue weighted by molar-refractivity contribution is 7.93. The molecule has 1 N–H and O–H groups in total. The van der Waals surface area contributed by atoms with Gasteiger partial charge in [0.05, 0.1) is 11.1 Å². The first-order chi connectivity index (χ1) is 12.1. The van der Waals surface area contributed by atoms with Gasteiger partial charge in [-0.1, -0.05) is 6.07 Å². The Labute approximate surface area is 150 Å². The zero-order valence-electron chi connectivity index (χ0n) is 13.8. The second-order valence-corrected chi connectivity index (χ2v) is 9.69. The van der Waals surface area contributed by atoms with Gasteiger partial charge in [-0.3, -0.25) is 0 Å². The van der Waals surface area contributed by atoms with Gasteiger partial charge in [0.25, 0.3) is 0 Å². The molecule has 1 fully saturated rings. The van der Waals surface area contributed by atoms with Crippen LogP contribution in [0.5, 0.6) is 0 Å². The van der Waals surface area contributed by atoms with E-state index in [-0.39, 0.29) is 5.75 Å². The molecule has 8 heteroatoms. The SMILES string of the molecule is O=S(=O)(CCC1CCN(c2ncnc3[nH]ccc23)CC1)c1cccs1. The minimum Gasteiger partial charge on any atom is -0.356 e. The molecule has 4 rings (SSSR count). The van der Waals surface area contributed by atoms with E-state index in [0.29, 0.717) is 10.1 Å². The normalized spacial score (nSPS) is 16.6. The zero-order valence-corrected chi connectivity index (χ0v) is 15.4. The maximum absolute atomic E-state index is 12.3. The predicted molar refractivity (Wildman–Crippen MR) is 99.8 cm³/mol. The number of aromatic nitrogens is 3. The molecule has 3 aromatic rings. The number of hydrogen-bond acceptors (Lipinski definition) is 6. The van der Waals surface area contributed by atoms with Crippen LogP contribution < -0.4 is 4.90 Å². The molecular formula is C17H20N4O2S2. The second-order valence-electron chi connectivity index (χ2n) is 6.41. The first kappa shape index (κ1) is 16.5. The lowest BCUT2D eigenvalue weighted by Gasteiger charge is -2.33. The Kier molecular flexibility index (Phi) is 4.47. The maximum atomic E-state index is 12.3. The number of H-pyrrole nitrogens is 1. The van der Waals surface area contributed by atoms with Crippen molar-refractivity contribution >= 4 is 38.0 Å². The molecule has 4 heterocycles. The molecular weight excluding hydrogens is 356 g/mol. The lowest BCUT2D eigenvalue weighted by molar-refractivity contribution is 0.394. The van der Waals surface area contributed by atoms with Gasteiger partial charge in [0, 0.05) is 19.3 Å². The van der Waals surface area contributed by atoms with Crippen LogP contribution in [0.3, 0.4) is 0 Å². The molecule has 0 amide bonds. The number of rotatable bonds is 5. The average Bonchev–Trinajstić information content (AvgIpc) is 3.32. The molecule has 0 spiro atoms. The third-order valence-electron chi connectivity index (χ3n) is 4.84. The van der Waals surface area contributed by atoms with Crippen LogP contribution in [0.15, 0.2) is 40.3 Å². The number of piperidine rings is 1. The molecule has 3 aromatic heterocycles. The minimum atomic E-state index is -3.12. The Balaban J connectivity index is 1.37. The third kappa shape index (κ3) is 3.41. The Bertz CT molecular complexity index is 942. The van der Waals surface area contributed by atoms with Crippen LogP contribution >= 0.6 is 11.3 Å². The molecule has 0 saturated carbocycles. The molecule has 1 aliphatic rings. The van der Waals surface area contributed by atoms with Crippen molar-refractivity contribution < 1.29 is 8.42 Å². The van der Waals surface area contributed by atoms with E-state index in [1.807, 2.05) is 17.6 Å². The smallest absolute Gasteiger partial charge is 0.187 e. The van der Waals surface area contributed by atoms with Gasteiger partial charge in [-0.25, -0.2) is 18.4 Å². The maximum Gasteiger partial charge on any atom is 0.187 e. The number of sulfone groups is 1. The third-order valence-corrected chi connectivity index (χ3v) is 8.08. The van der Waals surface area contributed by atoms with Gasteiger partial charge < -0.3 is 9.88 Å². The molecule has 132 valence electrons. The fraction of sp³-hybridized carbons (Fsp3) is 0.412. The molecule has 1 saturated heterocycles. The summed E-state index contributed by atoms with van der Waals surface area (Å²) in [6.45, 7) is 1.81. The van der Waals surface area contributed by atoms with Crippen molar-refractivity contribution in [1.29, 1.82) is 0 Å². The fourth-order valence-electron chi connectivity index (χ4n) is 3.41. The summed E-state index contributed by atoms with van der Waals surface area (Å²) in [6, 6.07) is 5.49. The van der Waals surface area contributed by atoms with Crippen molar-refractivity contribution in [1.82, 2.24) is 15.0 Å². The zero-order chi connectivity index (χ0) is 17.3. The molecule has 0 aromatic carbocycles. The van der Waals surface area contributed by atoms with Crippen molar-refractivity contribution in [3.8, 4) is 0 Å². The standard InChI is InChI=1S/C17H20N4O2S2/c22-25(23,15-2-1-10-24-15)11-6-13-4-8-21(9-5-13)17-14-3-7-18-16(14)19-12-20-17/h1-3,7,10,12-13H,4-6,8-9,11H2,(H,18,19,20). The van der Waals surface area contributed by atoms with Crippen LogP contribution in [0.2, 0.25) is 0 Å². The van der Waals surface area contributed by atoms with Crippen LogP contribution in [0.1, 0.15) is 19.3 Å². The van der Waals surface area contributed by atoms with Gasteiger partial charge in [0.2, 0.25) is 0 Å². The van der Waals surface area contributed by atoms with E-state index >= 15 is 0 Å². The van der Waals surface area contributed by atoms with Crippen molar-refractivity contribution in [2.24, 2.45) is 5.92 Å². The monoisotopic (exact) mass is 376 g/mol. The summed E-state index contributed by atoms with van der Waals surface area (Å²) >= 11 is 1.30.